The maximum absolute atomic E-state index is 12.1. The third-order valence-corrected chi connectivity index (χ3v) is 8.01. The number of hydrogen-bond donors (Lipinski definition) is 2. The number of aromatic carboxylic acids is 1. The monoisotopic (exact) mass is 551 g/mol. The number of hydrogen-bond acceptors (Lipinski definition) is 8. The van der Waals surface area contributed by atoms with Crippen molar-refractivity contribution in [2.45, 2.75) is 40.0 Å². The van der Waals surface area contributed by atoms with Gasteiger partial charge in [-0.2, -0.15) is 0 Å². The van der Waals surface area contributed by atoms with Crippen molar-refractivity contribution in [3.8, 4) is 27.4 Å². The molecule has 4 rings (SSSR count). The number of benzene rings is 1. The molecule has 0 unspecified atom stereocenters. The van der Waals surface area contributed by atoms with Crippen LogP contribution in [0.4, 0.5) is 10.9 Å². The SMILES string of the molecule is CCc1ccc(-c2nc(Nc3ncc(-c4cccs4)cc3C(=O)O)sc2CCC(C)C)cc1OCCOC. The smallest absolute Gasteiger partial charge is 0.339 e. The fourth-order valence-corrected chi connectivity index (χ4v) is 5.70. The minimum atomic E-state index is -1.04. The Balaban J connectivity index is 1.69. The lowest BCUT2D eigenvalue weighted by Gasteiger charge is -2.12. The van der Waals surface area contributed by atoms with Gasteiger partial charge in [0.1, 0.15) is 23.7 Å². The first kappa shape index (κ1) is 27.8. The number of carboxylic acids is 1. The summed E-state index contributed by atoms with van der Waals surface area (Å²) >= 11 is 3.08. The number of methoxy groups -OCH3 is 1. The number of carbonyl (C=O) groups is 1. The highest BCUT2D eigenvalue weighted by atomic mass is 32.1. The molecule has 4 aromatic rings. The molecule has 0 fully saturated rings. The van der Waals surface area contributed by atoms with Crippen LogP contribution in [0.1, 0.15) is 48.0 Å². The van der Waals surface area contributed by atoms with Crippen LogP contribution in [-0.4, -0.2) is 41.4 Å². The number of nitrogens with zero attached hydrogens (tertiary/aromatic N) is 2. The fraction of sp³-hybridized carbons (Fsp3) is 0.345. The van der Waals surface area contributed by atoms with Gasteiger partial charge in [-0.15, -0.1) is 22.7 Å². The summed E-state index contributed by atoms with van der Waals surface area (Å²) in [6.07, 6.45) is 4.45. The van der Waals surface area contributed by atoms with E-state index in [1.165, 1.54) is 11.3 Å². The Morgan fingerprint density at radius 3 is 2.68 bits per heavy atom. The number of aromatic nitrogens is 2. The molecule has 3 aromatic heterocycles. The Hall–Kier alpha value is -3.27. The van der Waals surface area contributed by atoms with Crippen LogP contribution < -0.4 is 10.1 Å². The number of anilines is 2. The largest absolute Gasteiger partial charge is 0.491 e. The first-order chi connectivity index (χ1) is 18.4. The van der Waals surface area contributed by atoms with Gasteiger partial charge < -0.3 is 19.9 Å². The summed E-state index contributed by atoms with van der Waals surface area (Å²) in [4.78, 5) is 23.6. The van der Waals surface area contributed by atoms with Crippen molar-refractivity contribution < 1.29 is 19.4 Å². The van der Waals surface area contributed by atoms with Crippen molar-refractivity contribution in [1.82, 2.24) is 9.97 Å². The predicted molar refractivity (Wildman–Crippen MR) is 155 cm³/mol. The van der Waals surface area contributed by atoms with E-state index in [2.05, 4.69) is 43.2 Å². The number of thiophene rings is 1. The van der Waals surface area contributed by atoms with Crippen LogP contribution in [0.15, 0.2) is 48.0 Å². The summed E-state index contributed by atoms with van der Waals surface area (Å²) in [6.45, 7) is 7.50. The number of nitrogens with one attached hydrogen (secondary N) is 1. The van der Waals surface area contributed by atoms with Crippen LogP contribution in [0.25, 0.3) is 21.7 Å². The van der Waals surface area contributed by atoms with Gasteiger partial charge in [-0.25, -0.2) is 14.8 Å². The lowest BCUT2D eigenvalue weighted by Crippen LogP contribution is -2.06. The van der Waals surface area contributed by atoms with Gasteiger partial charge in [0.2, 0.25) is 0 Å². The molecule has 2 N–H and O–H groups in total. The Morgan fingerprint density at radius 2 is 2.00 bits per heavy atom. The molecule has 200 valence electrons. The quantitative estimate of drug-likeness (QED) is 0.166. The Kier molecular flexibility index (Phi) is 9.49. The third-order valence-electron chi connectivity index (χ3n) is 6.06. The molecule has 0 saturated carbocycles. The number of rotatable bonds is 13. The predicted octanol–water partition coefficient (Wildman–Crippen LogP) is 7.55. The first-order valence-corrected chi connectivity index (χ1v) is 14.4. The number of aryl methyl sites for hydroxylation is 2. The average Bonchev–Trinajstić information content (AvgIpc) is 3.58. The zero-order valence-corrected chi connectivity index (χ0v) is 23.7. The van der Waals surface area contributed by atoms with Crippen molar-refractivity contribution in [2.24, 2.45) is 5.92 Å². The van der Waals surface area contributed by atoms with Crippen LogP contribution >= 0.6 is 22.7 Å². The molecule has 3 heterocycles. The summed E-state index contributed by atoms with van der Waals surface area (Å²) in [7, 11) is 1.66. The topological polar surface area (TPSA) is 93.6 Å². The molecule has 0 spiro atoms. The standard InChI is InChI=1S/C29H33N3O4S2/c1-5-19-9-10-20(16-23(19)36-13-12-35-4)26-25(11-8-18(2)3)38-29(31-26)32-27-22(28(33)34)15-21(17-30-27)24-7-6-14-37-24/h6-7,9-10,14-18H,5,8,11-13H2,1-4H3,(H,33,34)(H,30,31,32). The zero-order chi connectivity index (χ0) is 27.1. The number of carboxylic acid groups (broad SMARTS) is 1. The normalized spacial score (nSPS) is 11.2. The van der Waals surface area contributed by atoms with Crippen molar-refractivity contribution in [3.63, 3.8) is 0 Å². The fourth-order valence-electron chi connectivity index (χ4n) is 3.99. The van der Waals surface area contributed by atoms with Gasteiger partial charge in [-0.05, 0) is 54.3 Å². The maximum Gasteiger partial charge on any atom is 0.339 e. The van der Waals surface area contributed by atoms with E-state index in [0.717, 1.165) is 57.2 Å². The van der Waals surface area contributed by atoms with Gasteiger partial charge in [-0.1, -0.05) is 39.0 Å². The van der Waals surface area contributed by atoms with E-state index in [9.17, 15) is 9.90 Å². The van der Waals surface area contributed by atoms with Gasteiger partial charge in [0.25, 0.3) is 0 Å². The molecule has 9 heteroatoms. The van der Waals surface area contributed by atoms with Gasteiger partial charge in [0.15, 0.2) is 5.13 Å². The summed E-state index contributed by atoms with van der Waals surface area (Å²) in [5.74, 6) is 0.613. The van der Waals surface area contributed by atoms with Crippen molar-refractivity contribution in [2.75, 3.05) is 25.6 Å². The summed E-state index contributed by atoms with van der Waals surface area (Å²) in [6, 6.07) is 11.8. The Bertz CT molecular complexity index is 1370. The lowest BCUT2D eigenvalue weighted by molar-refractivity contribution is 0.0697. The highest BCUT2D eigenvalue weighted by Crippen LogP contribution is 2.37. The zero-order valence-electron chi connectivity index (χ0n) is 22.1. The van der Waals surface area contributed by atoms with Crippen molar-refractivity contribution >= 4 is 39.6 Å². The van der Waals surface area contributed by atoms with E-state index in [0.29, 0.717) is 24.3 Å². The second-order valence-electron chi connectivity index (χ2n) is 9.27. The number of ether oxygens (including phenoxy) is 2. The molecule has 0 aliphatic rings. The molecule has 38 heavy (non-hydrogen) atoms. The second-order valence-corrected chi connectivity index (χ2v) is 11.3. The van der Waals surface area contributed by atoms with E-state index in [1.807, 2.05) is 23.6 Å². The molecule has 0 amide bonds. The van der Waals surface area contributed by atoms with Gasteiger partial charge in [0.05, 0.1) is 12.3 Å². The number of pyridine rings is 1. The Labute approximate surface area is 231 Å². The first-order valence-electron chi connectivity index (χ1n) is 12.7. The van der Waals surface area contributed by atoms with E-state index in [1.54, 1.807) is 30.7 Å². The van der Waals surface area contributed by atoms with Crippen molar-refractivity contribution in [1.29, 1.82) is 0 Å². The minimum Gasteiger partial charge on any atom is -0.491 e. The van der Waals surface area contributed by atoms with Crippen LogP contribution in [0, 0.1) is 5.92 Å². The Morgan fingerprint density at radius 1 is 1.16 bits per heavy atom. The maximum atomic E-state index is 12.1. The van der Waals surface area contributed by atoms with E-state index >= 15 is 0 Å². The molecular formula is C29H33N3O4S2. The number of thiazole rings is 1. The average molecular weight is 552 g/mol. The van der Waals surface area contributed by atoms with E-state index < -0.39 is 5.97 Å². The van der Waals surface area contributed by atoms with Crippen LogP contribution in [-0.2, 0) is 17.6 Å². The highest BCUT2D eigenvalue weighted by molar-refractivity contribution is 7.16. The molecule has 0 bridgehead atoms. The van der Waals surface area contributed by atoms with E-state index in [4.69, 9.17) is 14.5 Å². The molecule has 0 aliphatic heterocycles. The summed E-state index contributed by atoms with van der Waals surface area (Å²) in [5.41, 5.74) is 3.86. The van der Waals surface area contributed by atoms with E-state index in [-0.39, 0.29) is 11.4 Å². The van der Waals surface area contributed by atoms with Crippen LogP contribution in [0.2, 0.25) is 0 Å². The molecule has 0 saturated heterocycles. The van der Waals surface area contributed by atoms with Crippen molar-refractivity contribution in [3.05, 3.63) is 64.0 Å². The molecule has 0 aliphatic carbocycles. The third kappa shape index (κ3) is 6.78. The summed E-state index contributed by atoms with van der Waals surface area (Å²) < 4.78 is 11.2. The molecule has 7 nitrogen and oxygen atoms in total. The summed E-state index contributed by atoms with van der Waals surface area (Å²) in [5, 5.41) is 15.7. The van der Waals surface area contributed by atoms with Crippen LogP contribution in [0.3, 0.4) is 0 Å². The minimum absolute atomic E-state index is 0.109. The molecule has 0 atom stereocenters. The molecule has 1 aromatic carbocycles. The molecular weight excluding hydrogens is 518 g/mol. The highest BCUT2D eigenvalue weighted by Gasteiger charge is 2.19. The van der Waals surface area contributed by atoms with Crippen LogP contribution in [0.5, 0.6) is 5.75 Å². The van der Waals surface area contributed by atoms with Gasteiger partial charge >= 0.3 is 5.97 Å². The second kappa shape index (κ2) is 13.0. The van der Waals surface area contributed by atoms with Gasteiger partial charge in [-0.3, -0.25) is 0 Å². The molecule has 0 radical (unpaired) electrons. The van der Waals surface area contributed by atoms with Gasteiger partial charge in [0, 0.05) is 34.2 Å². The lowest BCUT2D eigenvalue weighted by atomic mass is 10.0.